The Bertz CT molecular complexity index is 1100. The quantitative estimate of drug-likeness (QED) is 0.339. The van der Waals surface area contributed by atoms with Crippen LogP contribution >= 0.6 is 0 Å². The summed E-state index contributed by atoms with van der Waals surface area (Å²) >= 11 is 0. The second-order valence-electron chi connectivity index (χ2n) is 10.5. The third-order valence-corrected chi connectivity index (χ3v) is 5.63. The molecule has 0 amide bonds. The van der Waals surface area contributed by atoms with Crippen LogP contribution in [-0.4, -0.2) is 19.2 Å². The highest BCUT2D eigenvalue weighted by atomic mass is 16.6. The highest BCUT2D eigenvalue weighted by molar-refractivity contribution is 5.72. The summed E-state index contributed by atoms with van der Waals surface area (Å²) in [6.45, 7) is 15.0. The minimum absolute atomic E-state index is 0.0661. The van der Waals surface area contributed by atoms with E-state index in [0.717, 1.165) is 11.1 Å². The molecule has 0 aliphatic rings. The van der Waals surface area contributed by atoms with Gasteiger partial charge in [-0.1, -0.05) is 84.0 Å². The topological polar surface area (TPSA) is 44.8 Å². The third-order valence-electron chi connectivity index (χ3n) is 5.63. The average molecular weight is 461 g/mol. The SMILES string of the molecule is CCOC(=O)COc1cc(-c2ccc(C(C)(C)C)cc2)ccc1Oc1ccc(C(C)(C)C)cc1. The predicted molar refractivity (Wildman–Crippen MR) is 138 cm³/mol. The molecule has 0 spiro atoms. The fourth-order valence-electron chi connectivity index (χ4n) is 3.54. The van der Waals surface area contributed by atoms with E-state index in [-0.39, 0.29) is 17.4 Å². The van der Waals surface area contributed by atoms with E-state index in [1.165, 1.54) is 11.1 Å². The fourth-order valence-corrected chi connectivity index (χ4v) is 3.54. The largest absolute Gasteiger partial charge is 0.478 e. The Kier molecular flexibility index (Phi) is 7.71. The molecule has 0 unspecified atom stereocenters. The lowest BCUT2D eigenvalue weighted by Crippen LogP contribution is -2.14. The maximum atomic E-state index is 11.9. The van der Waals surface area contributed by atoms with Crippen LogP contribution in [0, 0.1) is 0 Å². The lowest BCUT2D eigenvalue weighted by atomic mass is 9.86. The number of hydrogen-bond donors (Lipinski definition) is 0. The standard InChI is InChI=1S/C30H36O4/c1-8-32-28(31)20-33-27-19-22(21-9-12-23(13-10-21)29(2,3)4)11-18-26(27)34-25-16-14-24(15-17-25)30(5,6)7/h9-19H,8,20H2,1-7H3. The van der Waals surface area contributed by atoms with Gasteiger partial charge in [-0.3, -0.25) is 0 Å². The van der Waals surface area contributed by atoms with Gasteiger partial charge in [0.1, 0.15) is 5.75 Å². The van der Waals surface area contributed by atoms with Crippen LogP contribution in [0.5, 0.6) is 17.2 Å². The van der Waals surface area contributed by atoms with E-state index in [1.54, 1.807) is 6.92 Å². The van der Waals surface area contributed by atoms with Gasteiger partial charge in [0.25, 0.3) is 0 Å². The van der Waals surface area contributed by atoms with Gasteiger partial charge in [-0.15, -0.1) is 0 Å². The van der Waals surface area contributed by atoms with Crippen molar-refractivity contribution in [1.29, 1.82) is 0 Å². The Morgan fingerprint density at radius 2 is 1.24 bits per heavy atom. The van der Waals surface area contributed by atoms with Gasteiger partial charge in [0, 0.05) is 0 Å². The van der Waals surface area contributed by atoms with E-state index in [0.29, 0.717) is 23.9 Å². The van der Waals surface area contributed by atoms with Gasteiger partial charge in [0.05, 0.1) is 6.61 Å². The second-order valence-corrected chi connectivity index (χ2v) is 10.5. The first-order chi connectivity index (χ1) is 16.0. The molecule has 0 aliphatic carbocycles. The van der Waals surface area contributed by atoms with Crippen LogP contribution in [0.2, 0.25) is 0 Å². The molecule has 4 heteroatoms. The van der Waals surface area contributed by atoms with Crippen molar-refractivity contribution >= 4 is 5.97 Å². The van der Waals surface area contributed by atoms with E-state index >= 15 is 0 Å². The zero-order valence-electron chi connectivity index (χ0n) is 21.4. The number of rotatable bonds is 7. The zero-order valence-corrected chi connectivity index (χ0v) is 21.4. The van der Waals surface area contributed by atoms with E-state index in [9.17, 15) is 4.79 Å². The van der Waals surface area contributed by atoms with Gasteiger partial charge < -0.3 is 14.2 Å². The number of carbonyl (C=O) groups is 1. The lowest BCUT2D eigenvalue weighted by Gasteiger charge is -2.20. The van der Waals surface area contributed by atoms with Crippen LogP contribution in [-0.2, 0) is 20.4 Å². The van der Waals surface area contributed by atoms with Gasteiger partial charge in [-0.05, 0) is 64.3 Å². The van der Waals surface area contributed by atoms with Crippen molar-refractivity contribution in [3.05, 3.63) is 77.9 Å². The molecule has 3 rings (SSSR count). The van der Waals surface area contributed by atoms with Crippen molar-refractivity contribution in [1.82, 2.24) is 0 Å². The summed E-state index contributed by atoms with van der Waals surface area (Å²) in [5.74, 6) is 1.33. The van der Waals surface area contributed by atoms with Gasteiger partial charge in [-0.25, -0.2) is 4.79 Å². The highest BCUT2D eigenvalue weighted by Gasteiger charge is 2.16. The zero-order chi connectivity index (χ0) is 24.9. The first-order valence-electron chi connectivity index (χ1n) is 11.8. The minimum Gasteiger partial charge on any atom is -0.478 e. The molecule has 0 fully saturated rings. The summed E-state index contributed by atoms with van der Waals surface area (Å²) < 4.78 is 17.0. The summed E-state index contributed by atoms with van der Waals surface area (Å²) in [6, 6.07) is 22.3. The Balaban J connectivity index is 1.89. The van der Waals surface area contributed by atoms with Crippen LogP contribution < -0.4 is 9.47 Å². The number of hydrogen-bond acceptors (Lipinski definition) is 4. The monoisotopic (exact) mass is 460 g/mol. The molecular weight excluding hydrogens is 424 g/mol. The molecular formula is C30H36O4. The van der Waals surface area contributed by atoms with Gasteiger partial charge in [0.2, 0.25) is 0 Å². The van der Waals surface area contributed by atoms with Crippen LogP contribution in [0.3, 0.4) is 0 Å². The Labute approximate surface area is 203 Å². The fraction of sp³-hybridized carbons (Fsp3) is 0.367. The molecule has 3 aromatic rings. The average Bonchev–Trinajstić information content (AvgIpc) is 2.78. The minimum atomic E-state index is -0.414. The van der Waals surface area contributed by atoms with E-state index in [4.69, 9.17) is 14.2 Å². The second kappa shape index (κ2) is 10.3. The lowest BCUT2D eigenvalue weighted by molar-refractivity contribution is -0.145. The van der Waals surface area contributed by atoms with Crippen LogP contribution in [0.1, 0.15) is 59.6 Å². The highest BCUT2D eigenvalue weighted by Crippen LogP contribution is 2.37. The number of carbonyl (C=O) groups excluding carboxylic acids is 1. The number of ether oxygens (including phenoxy) is 3. The summed E-state index contributed by atoms with van der Waals surface area (Å²) in [5, 5.41) is 0. The maximum Gasteiger partial charge on any atom is 0.344 e. The molecule has 180 valence electrons. The molecule has 0 aromatic heterocycles. The molecule has 0 N–H and O–H groups in total. The van der Waals surface area contributed by atoms with Gasteiger partial charge >= 0.3 is 5.97 Å². The van der Waals surface area contributed by atoms with Crippen LogP contribution in [0.25, 0.3) is 11.1 Å². The van der Waals surface area contributed by atoms with Crippen molar-refractivity contribution in [2.75, 3.05) is 13.2 Å². The van der Waals surface area contributed by atoms with E-state index in [1.807, 2.05) is 30.3 Å². The molecule has 4 nitrogen and oxygen atoms in total. The number of esters is 1. The van der Waals surface area contributed by atoms with Crippen LogP contribution in [0.15, 0.2) is 66.7 Å². The first kappa shape index (κ1) is 25.4. The molecule has 0 saturated heterocycles. The maximum absolute atomic E-state index is 11.9. The van der Waals surface area contributed by atoms with Crippen molar-refractivity contribution in [2.45, 2.75) is 59.3 Å². The van der Waals surface area contributed by atoms with Crippen LogP contribution in [0.4, 0.5) is 0 Å². The summed E-state index contributed by atoms with van der Waals surface area (Å²) in [5.41, 5.74) is 4.70. The normalized spacial score (nSPS) is 11.7. The summed E-state index contributed by atoms with van der Waals surface area (Å²) in [7, 11) is 0. The third kappa shape index (κ3) is 6.63. The molecule has 0 radical (unpaired) electrons. The van der Waals surface area contributed by atoms with E-state index in [2.05, 4.69) is 77.9 Å². The van der Waals surface area contributed by atoms with Gasteiger partial charge in [-0.2, -0.15) is 0 Å². The van der Waals surface area contributed by atoms with Gasteiger partial charge in [0.15, 0.2) is 18.1 Å². The Morgan fingerprint density at radius 3 is 1.76 bits per heavy atom. The number of benzene rings is 3. The molecule has 0 heterocycles. The molecule has 34 heavy (non-hydrogen) atoms. The van der Waals surface area contributed by atoms with Crippen molar-refractivity contribution in [3.8, 4) is 28.4 Å². The molecule has 0 bridgehead atoms. The Morgan fingerprint density at radius 1 is 0.706 bits per heavy atom. The molecule has 3 aromatic carbocycles. The molecule has 0 saturated carbocycles. The van der Waals surface area contributed by atoms with E-state index < -0.39 is 5.97 Å². The van der Waals surface area contributed by atoms with Crippen molar-refractivity contribution in [2.24, 2.45) is 0 Å². The predicted octanol–water partition coefficient (Wildman–Crippen LogP) is 7.68. The van der Waals surface area contributed by atoms with Crippen molar-refractivity contribution < 1.29 is 19.0 Å². The molecule has 0 aliphatic heterocycles. The Hall–Kier alpha value is -3.27. The first-order valence-corrected chi connectivity index (χ1v) is 11.8. The molecule has 0 atom stereocenters. The summed E-state index contributed by atoms with van der Waals surface area (Å²) in [6.07, 6.45) is 0. The summed E-state index contributed by atoms with van der Waals surface area (Å²) in [4.78, 5) is 11.9. The smallest absolute Gasteiger partial charge is 0.344 e. The van der Waals surface area contributed by atoms with Crippen molar-refractivity contribution in [3.63, 3.8) is 0 Å².